The third-order valence-corrected chi connectivity index (χ3v) is 7.76. The molecule has 0 aromatic rings. The van der Waals surface area contributed by atoms with Crippen LogP contribution in [0.15, 0.2) is 48.6 Å². The summed E-state index contributed by atoms with van der Waals surface area (Å²) in [6.07, 6.45) is 45.6. The van der Waals surface area contributed by atoms with E-state index < -0.39 is 5.97 Å². The fraction of sp³-hybridized carbons (Fsp3) is 0.744. The van der Waals surface area contributed by atoms with Gasteiger partial charge in [0, 0.05) is 12.8 Å². The Balaban J connectivity index is 4.01. The number of unbranched alkanes of at least 4 members (excludes halogenated alkanes) is 17. The lowest BCUT2D eigenvalue weighted by molar-refractivity contribution is -0.147. The van der Waals surface area contributed by atoms with E-state index in [1.807, 2.05) is 6.08 Å². The van der Waals surface area contributed by atoms with Gasteiger partial charge in [-0.3, -0.25) is 9.59 Å². The van der Waals surface area contributed by atoms with Gasteiger partial charge in [-0.2, -0.15) is 0 Å². The second-order valence-corrected chi connectivity index (χ2v) is 12.0. The lowest BCUT2D eigenvalue weighted by Gasteiger charge is -2.14. The molecule has 0 rings (SSSR count). The average Bonchev–Trinajstić information content (AvgIpc) is 2.99. The molecule has 4 nitrogen and oxygen atoms in total. The highest BCUT2D eigenvalue weighted by Gasteiger charge is 2.11. The molecule has 0 aliphatic rings. The second-order valence-electron chi connectivity index (χ2n) is 12.0. The first-order valence-electron chi connectivity index (χ1n) is 18.1. The molecule has 0 heterocycles. The number of esters is 1. The Morgan fingerprint density at radius 3 is 1.56 bits per heavy atom. The first-order valence-corrected chi connectivity index (χ1v) is 18.1. The van der Waals surface area contributed by atoms with Crippen molar-refractivity contribution in [3.63, 3.8) is 0 Å². The molecule has 0 amide bonds. The monoisotopic (exact) mass is 601 g/mol. The predicted octanol–water partition coefficient (Wildman–Crippen LogP) is 12.4. The van der Waals surface area contributed by atoms with Gasteiger partial charge in [-0.1, -0.05) is 133 Å². The highest BCUT2D eigenvalue weighted by atomic mass is 16.5. The summed E-state index contributed by atoms with van der Waals surface area (Å²) in [6.45, 7) is 4.48. The van der Waals surface area contributed by atoms with Crippen LogP contribution in [0.5, 0.6) is 0 Å². The van der Waals surface area contributed by atoms with E-state index in [0.29, 0.717) is 12.8 Å². The smallest absolute Gasteiger partial charge is 0.306 e. The Bertz CT molecular complexity index is 734. The molecule has 1 N–H and O–H groups in total. The number of carbonyl (C=O) groups is 2. The number of rotatable bonds is 32. The number of carbonyl (C=O) groups excluding carboxylic acids is 1. The van der Waals surface area contributed by atoms with Crippen molar-refractivity contribution in [2.45, 2.75) is 187 Å². The van der Waals surface area contributed by atoms with Gasteiger partial charge in [0.05, 0.1) is 0 Å². The Kier molecular flexibility index (Phi) is 32.7. The third-order valence-electron chi connectivity index (χ3n) is 7.76. The van der Waals surface area contributed by atoms with E-state index in [2.05, 4.69) is 56.4 Å². The minimum Gasteiger partial charge on any atom is -0.481 e. The van der Waals surface area contributed by atoms with Crippen LogP contribution in [-0.4, -0.2) is 23.1 Å². The van der Waals surface area contributed by atoms with Gasteiger partial charge >= 0.3 is 11.9 Å². The summed E-state index contributed by atoms with van der Waals surface area (Å²) >= 11 is 0. The fourth-order valence-electron chi connectivity index (χ4n) is 5.04. The van der Waals surface area contributed by atoms with Crippen LogP contribution >= 0.6 is 0 Å². The number of allylic oxidation sites excluding steroid dienone is 7. The molecule has 0 bridgehead atoms. The van der Waals surface area contributed by atoms with Crippen LogP contribution in [0.4, 0.5) is 0 Å². The Morgan fingerprint density at radius 2 is 0.977 bits per heavy atom. The van der Waals surface area contributed by atoms with Gasteiger partial charge in [0.25, 0.3) is 0 Å². The molecule has 43 heavy (non-hydrogen) atoms. The van der Waals surface area contributed by atoms with E-state index in [-0.39, 0.29) is 18.5 Å². The van der Waals surface area contributed by atoms with Crippen molar-refractivity contribution < 1.29 is 19.4 Å². The van der Waals surface area contributed by atoms with Crippen LogP contribution in [0.1, 0.15) is 181 Å². The molecule has 0 spiro atoms. The van der Waals surface area contributed by atoms with Gasteiger partial charge in [-0.25, -0.2) is 0 Å². The van der Waals surface area contributed by atoms with Crippen molar-refractivity contribution in [1.29, 1.82) is 0 Å². The number of carboxylic acid groups (broad SMARTS) is 1. The molecule has 0 radical (unpaired) electrons. The van der Waals surface area contributed by atoms with Gasteiger partial charge in [0.1, 0.15) is 6.10 Å². The van der Waals surface area contributed by atoms with Gasteiger partial charge in [-0.15, -0.1) is 0 Å². The van der Waals surface area contributed by atoms with Crippen LogP contribution in [0, 0.1) is 0 Å². The van der Waals surface area contributed by atoms with Crippen LogP contribution in [0.25, 0.3) is 0 Å². The van der Waals surface area contributed by atoms with Crippen molar-refractivity contribution in [1.82, 2.24) is 0 Å². The standard InChI is InChI=1S/C39H68O4/c1-3-5-7-9-11-13-14-15-16-17-18-19-20-21-22-24-26-32-36-39(42)43-37(34-30-27-28-31-35-38(40)41)33-29-25-23-12-10-8-6-4-2/h12-14,16-17,23,29,33,37H,3-11,15,18-22,24-28,30-32,34-36H2,1-2H3,(H,40,41)/b14-13-,17-16-,23-12-,33-29-. The van der Waals surface area contributed by atoms with E-state index in [0.717, 1.165) is 57.8 Å². The van der Waals surface area contributed by atoms with E-state index >= 15 is 0 Å². The molecule has 0 saturated carbocycles. The zero-order valence-corrected chi connectivity index (χ0v) is 28.3. The summed E-state index contributed by atoms with van der Waals surface area (Å²) in [6, 6.07) is 0. The molecule has 1 unspecified atom stereocenters. The van der Waals surface area contributed by atoms with Crippen molar-refractivity contribution in [2.75, 3.05) is 0 Å². The highest BCUT2D eigenvalue weighted by Crippen LogP contribution is 2.15. The first-order chi connectivity index (χ1) is 21.1. The number of ether oxygens (including phenoxy) is 1. The van der Waals surface area contributed by atoms with Crippen molar-refractivity contribution >= 4 is 11.9 Å². The van der Waals surface area contributed by atoms with Crippen LogP contribution < -0.4 is 0 Å². The highest BCUT2D eigenvalue weighted by molar-refractivity contribution is 5.69. The summed E-state index contributed by atoms with van der Waals surface area (Å²) in [5.74, 6) is -0.818. The molecular formula is C39H68O4. The van der Waals surface area contributed by atoms with Crippen molar-refractivity contribution in [3.8, 4) is 0 Å². The number of hydrogen-bond acceptors (Lipinski definition) is 3. The fourth-order valence-corrected chi connectivity index (χ4v) is 5.04. The first kappa shape index (κ1) is 40.9. The van der Waals surface area contributed by atoms with E-state index in [1.54, 1.807) is 0 Å². The third kappa shape index (κ3) is 34.3. The lowest BCUT2D eigenvalue weighted by Crippen LogP contribution is -2.16. The maximum absolute atomic E-state index is 12.5. The minimum absolute atomic E-state index is 0.0891. The van der Waals surface area contributed by atoms with Crippen LogP contribution in [0.3, 0.4) is 0 Å². The number of aliphatic carboxylic acids is 1. The molecule has 0 aromatic heterocycles. The molecule has 248 valence electrons. The molecular weight excluding hydrogens is 532 g/mol. The second kappa shape index (κ2) is 34.4. The topological polar surface area (TPSA) is 63.6 Å². The summed E-state index contributed by atoms with van der Waals surface area (Å²) in [5, 5.41) is 8.80. The number of hydrogen-bond donors (Lipinski definition) is 1. The molecule has 4 heteroatoms. The maximum atomic E-state index is 12.5. The Hall–Kier alpha value is -2.10. The summed E-state index contributed by atoms with van der Waals surface area (Å²) in [4.78, 5) is 23.2. The SMILES string of the molecule is CCCCC/C=C\C/C=C\C(CCCCCCC(=O)O)OC(=O)CCCCCCCCC/C=C\C/C=C\CCCCCC. The molecule has 0 aliphatic heterocycles. The lowest BCUT2D eigenvalue weighted by atomic mass is 10.1. The summed E-state index contributed by atoms with van der Waals surface area (Å²) in [5.41, 5.74) is 0. The molecule has 0 aliphatic carbocycles. The molecule has 0 saturated heterocycles. The summed E-state index contributed by atoms with van der Waals surface area (Å²) < 4.78 is 5.83. The van der Waals surface area contributed by atoms with Gasteiger partial charge in [-0.05, 0) is 83.1 Å². The molecule has 1 atom stereocenters. The van der Waals surface area contributed by atoms with Gasteiger partial charge < -0.3 is 9.84 Å². The van der Waals surface area contributed by atoms with Crippen molar-refractivity contribution in [2.24, 2.45) is 0 Å². The quantitative estimate of drug-likeness (QED) is 0.0474. The Labute approximate surface area is 266 Å². The molecule has 0 aromatic carbocycles. The maximum Gasteiger partial charge on any atom is 0.306 e. The largest absolute Gasteiger partial charge is 0.481 e. The Morgan fingerprint density at radius 1 is 0.535 bits per heavy atom. The zero-order valence-electron chi connectivity index (χ0n) is 28.3. The molecule has 0 fully saturated rings. The zero-order chi connectivity index (χ0) is 31.5. The van der Waals surface area contributed by atoms with E-state index in [4.69, 9.17) is 9.84 Å². The summed E-state index contributed by atoms with van der Waals surface area (Å²) in [7, 11) is 0. The number of carboxylic acids is 1. The average molecular weight is 601 g/mol. The normalized spacial score (nSPS) is 12.8. The van der Waals surface area contributed by atoms with E-state index in [9.17, 15) is 9.59 Å². The van der Waals surface area contributed by atoms with E-state index in [1.165, 1.54) is 89.9 Å². The minimum atomic E-state index is -0.729. The van der Waals surface area contributed by atoms with Crippen LogP contribution in [-0.2, 0) is 14.3 Å². The predicted molar refractivity (Wildman–Crippen MR) is 185 cm³/mol. The van der Waals surface area contributed by atoms with Crippen LogP contribution in [0.2, 0.25) is 0 Å². The van der Waals surface area contributed by atoms with Gasteiger partial charge in [0.15, 0.2) is 0 Å². The van der Waals surface area contributed by atoms with Crippen molar-refractivity contribution in [3.05, 3.63) is 48.6 Å². The van der Waals surface area contributed by atoms with Gasteiger partial charge in [0.2, 0.25) is 0 Å².